The fraction of sp³-hybridized carbons (Fsp3) is 0.0833. The topological polar surface area (TPSA) is 32.6 Å². The lowest BCUT2D eigenvalue weighted by atomic mass is 10.00. The number of phenols is 1. The second-order valence-corrected chi connectivity index (χ2v) is 3.24. The first-order chi connectivity index (χ1) is 6.77. The third-order valence-corrected chi connectivity index (χ3v) is 2.21. The van der Waals surface area contributed by atoms with E-state index in [-0.39, 0.29) is 0 Å². The fourth-order valence-electron chi connectivity index (χ4n) is 1.45. The molecule has 2 nitrogen and oxygen atoms in total. The van der Waals surface area contributed by atoms with Crippen LogP contribution in [0.5, 0.6) is 5.75 Å². The standard InChI is InChI=1S/C12H11NO/c1-9-4-6-13-7-5-10-2-3-11(14)8-12(9)10/h2-8,14H,1H3. The van der Waals surface area contributed by atoms with Gasteiger partial charge in [-0.3, -0.25) is 4.99 Å². The van der Waals surface area contributed by atoms with Gasteiger partial charge in [-0.25, -0.2) is 0 Å². The van der Waals surface area contributed by atoms with Crippen LogP contribution in [0.1, 0.15) is 18.1 Å². The van der Waals surface area contributed by atoms with Crippen molar-refractivity contribution >= 4 is 17.9 Å². The third kappa shape index (κ3) is 1.59. The van der Waals surface area contributed by atoms with Crippen LogP contribution < -0.4 is 0 Å². The predicted molar refractivity (Wildman–Crippen MR) is 59.3 cm³/mol. The Balaban J connectivity index is 2.63. The van der Waals surface area contributed by atoms with Crippen molar-refractivity contribution in [3.05, 3.63) is 41.6 Å². The number of hydrogen-bond donors (Lipinski definition) is 1. The molecule has 70 valence electrons. The number of fused-ring (bicyclic) bond motifs is 1. The molecule has 0 saturated carbocycles. The van der Waals surface area contributed by atoms with Gasteiger partial charge in [0, 0.05) is 12.4 Å². The Kier molecular flexibility index (Phi) is 2.19. The van der Waals surface area contributed by atoms with Crippen molar-refractivity contribution in [2.24, 2.45) is 4.99 Å². The van der Waals surface area contributed by atoms with Crippen molar-refractivity contribution in [1.29, 1.82) is 0 Å². The smallest absolute Gasteiger partial charge is 0.116 e. The summed E-state index contributed by atoms with van der Waals surface area (Å²) in [6.07, 6.45) is 7.36. The molecule has 0 aromatic heterocycles. The van der Waals surface area contributed by atoms with Crippen LogP contribution in [0.4, 0.5) is 0 Å². The average molecular weight is 185 g/mol. The first kappa shape index (κ1) is 8.75. The van der Waals surface area contributed by atoms with Crippen LogP contribution in [0.15, 0.2) is 35.5 Å². The molecule has 1 aliphatic heterocycles. The van der Waals surface area contributed by atoms with Crippen molar-refractivity contribution < 1.29 is 5.11 Å². The van der Waals surface area contributed by atoms with Gasteiger partial charge in [-0.1, -0.05) is 6.07 Å². The second-order valence-electron chi connectivity index (χ2n) is 3.24. The molecule has 1 aromatic rings. The van der Waals surface area contributed by atoms with Gasteiger partial charge in [-0.2, -0.15) is 0 Å². The van der Waals surface area contributed by atoms with Crippen molar-refractivity contribution in [2.45, 2.75) is 6.92 Å². The van der Waals surface area contributed by atoms with Gasteiger partial charge < -0.3 is 5.11 Å². The van der Waals surface area contributed by atoms with E-state index in [1.54, 1.807) is 24.5 Å². The van der Waals surface area contributed by atoms with E-state index >= 15 is 0 Å². The van der Waals surface area contributed by atoms with Gasteiger partial charge in [0.2, 0.25) is 0 Å². The van der Waals surface area contributed by atoms with Crippen LogP contribution in [0.2, 0.25) is 0 Å². The van der Waals surface area contributed by atoms with E-state index in [0.29, 0.717) is 5.75 Å². The minimum absolute atomic E-state index is 0.294. The maximum atomic E-state index is 9.38. The summed E-state index contributed by atoms with van der Waals surface area (Å²) in [5, 5.41) is 9.38. The molecular weight excluding hydrogens is 174 g/mol. The average Bonchev–Trinajstić information content (AvgIpc) is 2.16. The molecule has 1 N–H and O–H groups in total. The summed E-state index contributed by atoms with van der Waals surface area (Å²) in [6, 6.07) is 5.34. The molecule has 2 heteroatoms. The maximum absolute atomic E-state index is 9.38. The molecule has 2 rings (SSSR count). The van der Waals surface area contributed by atoms with E-state index in [0.717, 1.165) is 16.7 Å². The van der Waals surface area contributed by atoms with Crippen molar-refractivity contribution in [3.63, 3.8) is 0 Å². The number of phenolic OH excluding ortho intramolecular Hbond substituents is 1. The zero-order chi connectivity index (χ0) is 9.97. The molecule has 0 saturated heterocycles. The molecule has 1 aromatic carbocycles. The molecule has 0 aliphatic carbocycles. The highest BCUT2D eigenvalue weighted by Crippen LogP contribution is 2.25. The van der Waals surface area contributed by atoms with Gasteiger partial charge in [0.15, 0.2) is 0 Å². The summed E-state index contributed by atoms with van der Waals surface area (Å²) < 4.78 is 0. The highest BCUT2D eigenvalue weighted by Gasteiger charge is 2.03. The summed E-state index contributed by atoms with van der Waals surface area (Å²) in [5.41, 5.74) is 3.23. The molecule has 1 aliphatic rings. The Labute approximate surface area is 82.9 Å². The number of hydrogen-bond acceptors (Lipinski definition) is 2. The lowest BCUT2D eigenvalue weighted by Gasteiger charge is -2.07. The van der Waals surface area contributed by atoms with Crippen LogP contribution in [-0.4, -0.2) is 11.3 Å². The molecule has 1 heterocycles. The molecular formula is C12H11NO. The van der Waals surface area contributed by atoms with E-state index in [1.807, 2.05) is 25.1 Å². The summed E-state index contributed by atoms with van der Waals surface area (Å²) in [5.74, 6) is 0.294. The van der Waals surface area contributed by atoms with E-state index in [4.69, 9.17) is 0 Å². The van der Waals surface area contributed by atoms with Crippen LogP contribution in [-0.2, 0) is 0 Å². The highest BCUT2D eigenvalue weighted by atomic mass is 16.3. The molecule has 0 atom stereocenters. The van der Waals surface area contributed by atoms with Crippen molar-refractivity contribution in [2.75, 3.05) is 0 Å². The number of aliphatic imine (C=N–C) groups is 1. The Hall–Kier alpha value is -1.83. The summed E-state index contributed by atoms with van der Waals surface area (Å²) in [6.45, 7) is 2.00. The number of aromatic hydroxyl groups is 1. The first-order valence-electron chi connectivity index (χ1n) is 4.47. The first-order valence-corrected chi connectivity index (χ1v) is 4.47. The lowest BCUT2D eigenvalue weighted by molar-refractivity contribution is 0.475. The Morgan fingerprint density at radius 2 is 2.14 bits per heavy atom. The van der Waals surface area contributed by atoms with Gasteiger partial charge in [-0.15, -0.1) is 0 Å². The van der Waals surface area contributed by atoms with Crippen LogP contribution in [0, 0.1) is 0 Å². The van der Waals surface area contributed by atoms with Crippen LogP contribution >= 0.6 is 0 Å². The molecule has 0 fully saturated rings. The normalized spacial score (nSPS) is 14.2. The van der Waals surface area contributed by atoms with Crippen LogP contribution in [0.25, 0.3) is 11.6 Å². The van der Waals surface area contributed by atoms with Gasteiger partial charge in [0.05, 0.1) is 0 Å². The SMILES string of the molecule is CC1=CC=NC=Cc2ccc(O)cc21. The predicted octanol–water partition coefficient (Wildman–Crippen LogP) is 2.85. The van der Waals surface area contributed by atoms with Gasteiger partial charge >= 0.3 is 0 Å². The number of nitrogens with zero attached hydrogens (tertiary/aromatic N) is 1. The van der Waals surface area contributed by atoms with Crippen molar-refractivity contribution in [3.8, 4) is 5.75 Å². The quantitative estimate of drug-likeness (QED) is 0.662. The second kappa shape index (κ2) is 3.50. The number of allylic oxidation sites excluding steroid dienone is 2. The molecule has 0 radical (unpaired) electrons. The monoisotopic (exact) mass is 185 g/mol. The molecule has 0 spiro atoms. The highest BCUT2D eigenvalue weighted by molar-refractivity contribution is 5.88. The minimum atomic E-state index is 0.294. The Morgan fingerprint density at radius 3 is 3.00 bits per heavy atom. The minimum Gasteiger partial charge on any atom is -0.508 e. The summed E-state index contributed by atoms with van der Waals surface area (Å²) in [4.78, 5) is 4.06. The van der Waals surface area contributed by atoms with E-state index in [2.05, 4.69) is 4.99 Å². The third-order valence-electron chi connectivity index (χ3n) is 2.21. The zero-order valence-electron chi connectivity index (χ0n) is 7.94. The van der Waals surface area contributed by atoms with E-state index < -0.39 is 0 Å². The molecule has 0 bridgehead atoms. The van der Waals surface area contributed by atoms with Crippen LogP contribution in [0.3, 0.4) is 0 Å². The number of benzene rings is 1. The Morgan fingerprint density at radius 1 is 1.29 bits per heavy atom. The molecule has 0 amide bonds. The van der Waals surface area contributed by atoms with Gasteiger partial charge in [0.25, 0.3) is 0 Å². The zero-order valence-corrected chi connectivity index (χ0v) is 7.94. The summed E-state index contributed by atoms with van der Waals surface area (Å²) in [7, 11) is 0. The summed E-state index contributed by atoms with van der Waals surface area (Å²) >= 11 is 0. The molecule has 14 heavy (non-hydrogen) atoms. The largest absolute Gasteiger partial charge is 0.508 e. The fourth-order valence-corrected chi connectivity index (χ4v) is 1.45. The van der Waals surface area contributed by atoms with Gasteiger partial charge in [-0.05, 0) is 47.9 Å². The Bertz CT molecular complexity index is 442. The van der Waals surface area contributed by atoms with E-state index in [1.165, 1.54) is 0 Å². The molecule has 0 unspecified atom stereocenters. The van der Waals surface area contributed by atoms with Gasteiger partial charge in [0.1, 0.15) is 5.75 Å². The van der Waals surface area contributed by atoms with E-state index in [9.17, 15) is 5.11 Å². The number of rotatable bonds is 0. The lowest BCUT2D eigenvalue weighted by Crippen LogP contribution is -1.87. The maximum Gasteiger partial charge on any atom is 0.116 e. The van der Waals surface area contributed by atoms with Crippen molar-refractivity contribution in [1.82, 2.24) is 0 Å².